The molecular formula is C16H27IN4O2S. The smallest absolute Gasteiger partial charge is 0.407 e. The number of guanidine groups is 1. The second-order valence-electron chi connectivity index (χ2n) is 6.56. The van der Waals surface area contributed by atoms with Crippen LogP contribution < -0.4 is 10.6 Å². The van der Waals surface area contributed by atoms with Crippen molar-refractivity contribution < 1.29 is 9.53 Å². The summed E-state index contributed by atoms with van der Waals surface area (Å²) < 4.78 is 5.31. The number of nitrogens with one attached hydrogen (secondary N) is 2. The first-order chi connectivity index (χ1) is 10.9. The van der Waals surface area contributed by atoms with Crippen molar-refractivity contribution in [1.82, 2.24) is 15.5 Å². The molecule has 6 nitrogen and oxygen atoms in total. The van der Waals surface area contributed by atoms with E-state index in [1.54, 1.807) is 18.4 Å². The van der Waals surface area contributed by atoms with E-state index in [-0.39, 0.29) is 36.1 Å². The summed E-state index contributed by atoms with van der Waals surface area (Å²) in [5.74, 6) is 0.867. The molecule has 8 heteroatoms. The van der Waals surface area contributed by atoms with Gasteiger partial charge in [0.05, 0.1) is 12.6 Å². The molecule has 1 aromatic rings. The third-order valence-corrected chi connectivity index (χ3v) is 4.30. The average Bonchev–Trinajstić information content (AvgIpc) is 3.09. The molecule has 0 spiro atoms. The maximum absolute atomic E-state index is 11.8. The molecule has 2 heterocycles. The maximum Gasteiger partial charge on any atom is 0.407 e. The standard InChI is InChI=1S/C16H26N4O2S.HI/c1-16(2,3)22-15(21)19-12-7-8-20(11-12)14(17-4)18-10-13-6-5-9-23-13;/h5-6,9,12H,7-8,10-11H2,1-4H3,(H,17,18)(H,19,21);1H. The lowest BCUT2D eigenvalue weighted by molar-refractivity contribution is 0.0507. The first kappa shape index (κ1) is 21.0. The number of nitrogens with zero attached hydrogens (tertiary/aromatic N) is 2. The number of carbonyl (C=O) groups is 1. The molecule has 1 amide bonds. The van der Waals surface area contributed by atoms with Crippen molar-refractivity contribution in [2.24, 2.45) is 4.99 Å². The van der Waals surface area contributed by atoms with Crippen molar-refractivity contribution in [3.05, 3.63) is 22.4 Å². The van der Waals surface area contributed by atoms with Gasteiger partial charge < -0.3 is 20.3 Å². The van der Waals surface area contributed by atoms with Gasteiger partial charge in [0.2, 0.25) is 0 Å². The first-order valence-electron chi connectivity index (χ1n) is 7.85. The molecule has 1 saturated heterocycles. The Bertz CT molecular complexity index is 543. The largest absolute Gasteiger partial charge is 0.444 e. The van der Waals surface area contributed by atoms with E-state index in [1.807, 2.05) is 26.8 Å². The highest BCUT2D eigenvalue weighted by atomic mass is 127. The number of ether oxygens (including phenoxy) is 1. The van der Waals surface area contributed by atoms with Gasteiger partial charge in [-0.25, -0.2) is 4.79 Å². The Morgan fingerprint density at radius 2 is 2.25 bits per heavy atom. The van der Waals surface area contributed by atoms with Crippen molar-refractivity contribution in [3.8, 4) is 0 Å². The third kappa shape index (κ3) is 6.84. The number of aliphatic imine (C=N–C) groups is 1. The van der Waals surface area contributed by atoms with E-state index in [1.165, 1.54) is 4.88 Å². The number of alkyl carbamates (subject to hydrolysis) is 1. The third-order valence-electron chi connectivity index (χ3n) is 3.42. The molecule has 0 bridgehead atoms. The molecule has 136 valence electrons. The molecule has 0 saturated carbocycles. The molecule has 2 N–H and O–H groups in total. The molecule has 1 atom stereocenters. The molecule has 1 aliphatic rings. The van der Waals surface area contributed by atoms with Gasteiger partial charge in [0.25, 0.3) is 0 Å². The van der Waals surface area contributed by atoms with Crippen molar-refractivity contribution in [3.63, 3.8) is 0 Å². The predicted molar refractivity (Wildman–Crippen MR) is 109 cm³/mol. The Kier molecular flexibility index (Phi) is 8.28. The van der Waals surface area contributed by atoms with Crippen LogP contribution in [0.5, 0.6) is 0 Å². The minimum atomic E-state index is -0.472. The van der Waals surface area contributed by atoms with Crippen LogP contribution in [0.4, 0.5) is 4.79 Å². The number of carbonyl (C=O) groups excluding carboxylic acids is 1. The lowest BCUT2D eigenvalue weighted by atomic mass is 10.2. The summed E-state index contributed by atoms with van der Waals surface area (Å²) in [4.78, 5) is 19.6. The molecule has 1 unspecified atom stereocenters. The molecule has 1 fully saturated rings. The Hall–Kier alpha value is -1.03. The molecular weight excluding hydrogens is 439 g/mol. The SMILES string of the molecule is CN=C(NCc1cccs1)N1CCC(NC(=O)OC(C)(C)C)C1.I. The number of hydrogen-bond acceptors (Lipinski definition) is 4. The fourth-order valence-electron chi connectivity index (χ4n) is 2.46. The summed E-state index contributed by atoms with van der Waals surface area (Å²) in [6.45, 7) is 7.97. The first-order valence-corrected chi connectivity index (χ1v) is 8.73. The van der Waals surface area contributed by atoms with Gasteiger partial charge in [0.1, 0.15) is 5.60 Å². The lowest BCUT2D eigenvalue weighted by Gasteiger charge is -2.23. The monoisotopic (exact) mass is 466 g/mol. The van der Waals surface area contributed by atoms with Crippen LogP contribution in [0.1, 0.15) is 32.1 Å². The van der Waals surface area contributed by atoms with E-state index in [2.05, 4.69) is 32.0 Å². The van der Waals surface area contributed by atoms with Crippen LogP contribution in [0.2, 0.25) is 0 Å². The molecule has 2 rings (SSSR count). The number of likely N-dealkylation sites (tertiary alicyclic amines) is 1. The topological polar surface area (TPSA) is 66.0 Å². The van der Waals surface area contributed by atoms with Crippen molar-refractivity contribution in [2.75, 3.05) is 20.1 Å². The van der Waals surface area contributed by atoms with Gasteiger partial charge in [-0.2, -0.15) is 0 Å². The Morgan fingerprint density at radius 3 is 2.83 bits per heavy atom. The van der Waals surface area contributed by atoms with Gasteiger partial charge in [-0.1, -0.05) is 6.07 Å². The summed E-state index contributed by atoms with van der Waals surface area (Å²) >= 11 is 1.72. The number of thiophene rings is 1. The van der Waals surface area contributed by atoms with Crippen LogP contribution in [0.25, 0.3) is 0 Å². The van der Waals surface area contributed by atoms with E-state index >= 15 is 0 Å². The van der Waals surface area contributed by atoms with E-state index in [0.29, 0.717) is 0 Å². The van der Waals surface area contributed by atoms with Crippen LogP contribution in [0.15, 0.2) is 22.5 Å². The van der Waals surface area contributed by atoms with Crippen LogP contribution in [-0.2, 0) is 11.3 Å². The zero-order valence-corrected chi connectivity index (χ0v) is 17.8. The highest BCUT2D eigenvalue weighted by molar-refractivity contribution is 14.0. The maximum atomic E-state index is 11.8. The normalized spacial score (nSPS) is 18.1. The lowest BCUT2D eigenvalue weighted by Crippen LogP contribution is -2.44. The zero-order chi connectivity index (χ0) is 16.9. The van der Waals surface area contributed by atoms with E-state index in [0.717, 1.165) is 32.0 Å². The number of rotatable bonds is 3. The van der Waals surface area contributed by atoms with Crippen LogP contribution >= 0.6 is 35.3 Å². The molecule has 0 radical (unpaired) electrons. The number of amides is 1. The molecule has 1 aliphatic heterocycles. The molecule has 24 heavy (non-hydrogen) atoms. The molecule has 0 aromatic carbocycles. The van der Waals surface area contributed by atoms with Gasteiger partial charge in [-0.3, -0.25) is 4.99 Å². The van der Waals surface area contributed by atoms with Gasteiger partial charge in [0, 0.05) is 25.0 Å². The van der Waals surface area contributed by atoms with Crippen LogP contribution in [0, 0.1) is 0 Å². The predicted octanol–water partition coefficient (Wildman–Crippen LogP) is 3.04. The van der Waals surface area contributed by atoms with E-state index in [9.17, 15) is 4.79 Å². The molecule has 0 aliphatic carbocycles. The minimum Gasteiger partial charge on any atom is -0.444 e. The fourth-order valence-corrected chi connectivity index (χ4v) is 3.10. The quantitative estimate of drug-likeness (QED) is 0.409. The summed E-state index contributed by atoms with van der Waals surface area (Å²) in [7, 11) is 1.78. The zero-order valence-electron chi connectivity index (χ0n) is 14.7. The Labute approximate surface area is 165 Å². The van der Waals surface area contributed by atoms with Gasteiger partial charge in [-0.15, -0.1) is 35.3 Å². The summed E-state index contributed by atoms with van der Waals surface area (Å²) in [5.41, 5.74) is -0.472. The Balaban J connectivity index is 0.00000288. The van der Waals surface area contributed by atoms with Crippen molar-refractivity contribution in [1.29, 1.82) is 0 Å². The van der Waals surface area contributed by atoms with Crippen LogP contribution in [0.3, 0.4) is 0 Å². The molecule has 1 aromatic heterocycles. The van der Waals surface area contributed by atoms with Crippen molar-refractivity contribution >= 4 is 47.4 Å². The highest BCUT2D eigenvalue weighted by Gasteiger charge is 2.27. The number of hydrogen-bond donors (Lipinski definition) is 2. The highest BCUT2D eigenvalue weighted by Crippen LogP contribution is 2.13. The summed E-state index contributed by atoms with van der Waals surface area (Å²) in [6, 6.07) is 4.23. The summed E-state index contributed by atoms with van der Waals surface area (Å²) in [6.07, 6.45) is 0.532. The van der Waals surface area contributed by atoms with Gasteiger partial charge >= 0.3 is 6.09 Å². The fraction of sp³-hybridized carbons (Fsp3) is 0.625. The van der Waals surface area contributed by atoms with E-state index in [4.69, 9.17) is 4.74 Å². The van der Waals surface area contributed by atoms with E-state index < -0.39 is 5.60 Å². The van der Waals surface area contributed by atoms with Gasteiger partial charge in [0.15, 0.2) is 5.96 Å². The second kappa shape index (κ2) is 9.45. The average molecular weight is 466 g/mol. The summed E-state index contributed by atoms with van der Waals surface area (Å²) in [5, 5.41) is 8.36. The second-order valence-corrected chi connectivity index (χ2v) is 7.59. The Morgan fingerprint density at radius 1 is 1.50 bits per heavy atom. The van der Waals surface area contributed by atoms with Crippen molar-refractivity contribution in [2.45, 2.75) is 45.4 Å². The van der Waals surface area contributed by atoms with Gasteiger partial charge in [-0.05, 0) is 38.6 Å². The minimum absolute atomic E-state index is 0. The van der Waals surface area contributed by atoms with Crippen LogP contribution in [-0.4, -0.2) is 48.7 Å². The number of halogens is 1.